The highest BCUT2D eigenvalue weighted by Gasteiger charge is 2.36. The number of aliphatic hydroxyl groups excluding tert-OH is 1. The summed E-state index contributed by atoms with van der Waals surface area (Å²) in [5.41, 5.74) is 0. The normalized spacial score (nSPS) is 19.8. The van der Waals surface area contributed by atoms with E-state index in [1.165, 1.54) is 83.5 Å². The molecule has 26 heavy (non-hydrogen) atoms. The summed E-state index contributed by atoms with van der Waals surface area (Å²) < 4.78 is 5.32. The van der Waals surface area contributed by atoms with Gasteiger partial charge in [-0.1, -0.05) is 89.0 Å². The van der Waals surface area contributed by atoms with Gasteiger partial charge in [0.2, 0.25) is 0 Å². The maximum Gasteiger partial charge on any atom is 0.107 e. The molecule has 0 aliphatic carbocycles. The van der Waals surface area contributed by atoms with Gasteiger partial charge in [0.15, 0.2) is 0 Å². The van der Waals surface area contributed by atoms with Crippen molar-refractivity contribution in [3.8, 4) is 0 Å². The molecule has 0 amide bonds. The smallest absolute Gasteiger partial charge is 0.107 e. The Morgan fingerprint density at radius 3 is 1.65 bits per heavy atom. The second-order valence-corrected chi connectivity index (χ2v) is 7.82. The average Bonchev–Trinajstić information content (AvgIpc) is 3.42. The van der Waals surface area contributed by atoms with E-state index in [-0.39, 0.29) is 12.7 Å². The van der Waals surface area contributed by atoms with Crippen LogP contribution < -0.4 is 0 Å². The van der Waals surface area contributed by atoms with E-state index < -0.39 is 0 Å². The molecule has 0 aromatic heterocycles. The fraction of sp³-hybridized carbons (Fsp3) is 0.833. The zero-order valence-electron chi connectivity index (χ0n) is 17.3. The van der Waals surface area contributed by atoms with Gasteiger partial charge in [0.25, 0.3) is 0 Å². The Kier molecular flexibility index (Phi) is 16.0. The van der Waals surface area contributed by atoms with Crippen LogP contribution in [0.15, 0.2) is 24.3 Å². The molecule has 1 aliphatic rings. The summed E-state index contributed by atoms with van der Waals surface area (Å²) in [5.74, 6) is 0. The van der Waals surface area contributed by atoms with E-state index in [1.807, 2.05) is 0 Å². The predicted octanol–water partition coefficient (Wildman–Crippen LogP) is 7.12. The molecule has 2 nitrogen and oxygen atoms in total. The Morgan fingerprint density at radius 1 is 0.615 bits per heavy atom. The molecule has 1 N–H and O–H groups in total. The van der Waals surface area contributed by atoms with E-state index >= 15 is 0 Å². The Labute approximate surface area is 163 Å². The van der Waals surface area contributed by atoms with E-state index in [9.17, 15) is 0 Å². The second kappa shape index (κ2) is 17.8. The lowest BCUT2D eigenvalue weighted by atomic mass is 10.1. The minimum atomic E-state index is 0.139. The number of allylic oxidation sites excluding steroid dienone is 4. The molecule has 1 heterocycles. The summed E-state index contributed by atoms with van der Waals surface area (Å²) in [7, 11) is 0. The third kappa shape index (κ3) is 14.6. The summed E-state index contributed by atoms with van der Waals surface area (Å²) in [4.78, 5) is 0. The molecule has 1 fully saturated rings. The van der Waals surface area contributed by atoms with E-state index in [0.29, 0.717) is 6.10 Å². The highest BCUT2D eigenvalue weighted by Crippen LogP contribution is 2.26. The van der Waals surface area contributed by atoms with Crippen molar-refractivity contribution < 1.29 is 9.84 Å². The molecule has 0 radical (unpaired) electrons. The van der Waals surface area contributed by atoms with Crippen molar-refractivity contribution in [3.63, 3.8) is 0 Å². The summed E-state index contributed by atoms with van der Waals surface area (Å²) in [6.07, 6.45) is 31.0. The van der Waals surface area contributed by atoms with Crippen LogP contribution in [0.1, 0.15) is 110 Å². The van der Waals surface area contributed by atoms with Gasteiger partial charge < -0.3 is 9.84 Å². The van der Waals surface area contributed by atoms with Gasteiger partial charge in [0.05, 0.1) is 12.7 Å². The van der Waals surface area contributed by atoms with Crippen molar-refractivity contribution in [2.24, 2.45) is 0 Å². The summed E-state index contributed by atoms with van der Waals surface area (Å²) in [6.45, 7) is 2.47. The number of rotatable bonds is 19. The first-order valence-electron chi connectivity index (χ1n) is 11.4. The molecule has 2 atom stereocenters. The van der Waals surface area contributed by atoms with Gasteiger partial charge in [-0.05, 0) is 44.9 Å². The van der Waals surface area contributed by atoms with E-state index in [1.54, 1.807) is 0 Å². The van der Waals surface area contributed by atoms with Gasteiger partial charge in [0.1, 0.15) is 6.10 Å². The van der Waals surface area contributed by atoms with Crippen molar-refractivity contribution in [3.05, 3.63) is 24.3 Å². The van der Waals surface area contributed by atoms with Gasteiger partial charge in [-0.2, -0.15) is 0 Å². The topological polar surface area (TPSA) is 32.8 Å². The molecule has 0 spiro atoms. The van der Waals surface area contributed by atoms with Crippen molar-refractivity contribution >= 4 is 0 Å². The highest BCUT2D eigenvalue weighted by atomic mass is 16.6. The van der Waals surface area contributed by atoms with E-state index in [4.69, 9.17) is 9.84 Å². The number of aliphatic hydroxyl groups is 1. The number of hydrogen-bond donors (Lipinski definition) is 1. The second-order valence-electron chi connectivity index (χ2n) is 7.82. The molecule has 152 valence electrons. The summed E-state index contributed by atoms with van der Waals surface area (Å²) >= 11 is 0. The molecule has 1 rings (SSSR count). The fourth-order valence-corrected chi connectivity index (χ4v) is 3.44. The van der Waals surface area contributed by atoms with Crippen LogP contribution in [0.5, 0.6) is 0 Å². The fourth-order valence-electron chi connectivity index (χ4n) is 3.44. The largest absolute Gasteiger partial charge is 0.394 e. The molecular weight excluding hydrogens is 320 g/mol. The maximum absolute atomic E-state index is 8.89. The lowest BCUT2D eigenvalue weighted by Crippen LogP contribution is -1.98. The molecule has 1 saturated heterocycles. The van der Waals surface area contributed by atoms with Crippen LogP contribution in [0.2, 0.25) is 0 Å². The number of ether oxygens (including phenoxy) is 1. The molecule has 0 aromatic carbocycles. The monoisotopic (exact) mass is 364 g/mol. The lowest BCUT2D eigenvalue weighted by molar-refractivity contribution is 0.241. The molecule has 0 aromatic rings. The zero-order valence-corrected chi connectivity index (χ0v) is 17.3. The molecule has 1 aliphatic heterocycles. The quantitative estimate of drug-likeness (QED) is 0.150. The Hall–Kier alpha value is -0.600. The zero-order chi connectivity index (χ0) is 18.7. The first-order chi connectivity index (χ1) is 12.9. The Morgan fingerprint density at radius 2 is 1.12 bits per heavy atom. The maximum atomic E-state index is 8.89. The van der Waals surface area contributed by atoms with Crippen LogP contribution in [0, 0.1) is 0 Å². The van der Waals surface area contributed by atoms with Crippen molar-refractivity contribution in [1.29, 1.82) is 0 Å². The SMILES string of the molecule is CCCCCCCCCCCC/C=C/CC/C=C/CCC[C@H]1O[C@@H]1CO. The van der Waals surface area contributed by atoms with Crippen LogP contribution in [0.4, 0.5) is 0 Å². The average molecular weight is 365 g/mol. The van der Waals surface area contributed by atoms with Crippen LogP contribution in [0.25, 0.3) is 0 Å². The minimum Gasteiger partial charge on any atom is -0.394 e. The predicted molar refractivity (Wildman–Crippen MR) is 114 cm³/mol. The summed E-state index contributed by atoms with van der Waals surface area (Å²) in [5, 5.41) is 8.89. The molecule has 2 heteroatoms. The molecule has 0 bridgehead atoms. The number of epoxide rings is 1. The first-order valence-corrected chi connectivity index (χ1v) is 11.4. The van der Waals surface area contributed by atoms with Crippen molar-refractivity contribution in [1.82, 2.24) is 0 Å². The van der Waals surface area contributed by atoms with Gasteiger partial charge >= 0.3 is 0 Å². The standard InChI is InChI=1S/C24H44O2/c1-2-3-4-5-6-7-8-9-10-11-12-13-14-15-16-17-18-19-20-21-23-24(22-25)26-23/h13-14,17-18,23-25H,2-12,15-16,19-22H2,1H3/b14-13+,18-17+/t23-,24-/m1/s1. The van der Waals surface area contributed by atoms with Gasteiger partial charge in [0, 0.05) is 0 Å². The van der Waals surface area contributed by atoms with Crippen LogP contribution in [0.3, 0.4) is 0 Å². The van der Waals surface area contributed by atoms with Crippen molar-refractivity contribution in [2.45, 2.75) is 122 Å². The van der Waals surface area contributed by atoms with Gasteiger partial charge in [-0.15, -0.1) is 0 Å². The van der Waals surface area contributed by atoms with Gasteiger partial charge in [-0.25, -0.2) is 0 Å². The van der Waals surface area contributed by atoms with Crippen molar-refractivity contribution in [2.75, 3.05) is 6.61 Å². The first kappa shape index (κ1) is 23.4. The third-order valence-electron chi connectivity index (χ3n) is 5.28. The van der Waals surface area contributed by atoms with E-state index in [0.717, 1.165) is 19.3 Å². The van der Waals surface area contributed by atoms with Crippen LogP contribution in [-0.4, -0.2) is 23.9 Å². The van der Waals surface area contributed by atoms with Crippen LogP contribution in [-0.2, 0) is 4.74 Å². The molecule has 0 saturated carbocycles. The van der Waals surface area contributed by atoms with Gasteiger partial charge in [-0.3, -0.25) is 0 Å². The summed E-state index contributed by atoms with van der Waals surface area (Å²) in [6, 6.07) is 0. The number of unbranched alkanes of at least 4 members (excludes halogenated alkanes) is 12. The minimum absolute atomic E-state index is 0.139. The van der Waals surface area contributed by atoms with E-state index in [2.05, 4.69) is 31.2 Å². The highest BCUT2D eigenvalue weighted by molar-refractivity contribution is 4.89. The van der Waals surface area contributed by atoms with Crippen LogP contribution >= 0.6 is 0 Å². The molecular formula is C24H44O2. The number of hydrogen-bond acceptors (Lipinski definition) is 2. The molecule has 0 unspecified atom stereocenters. The Balaban J connectivity index is 1.72. The third-order valence-corrected chi connectivity index (χ3v) is 5.28. The Bertz CT molecular complexity index is 348. The lowest BCUT2D eigenvalue weighted by Gasteiger charge is -2.01.